The number of rotatable bonds is 3. The van der Waals surface area contributed by atoms with Gasteiger partial charge in [0.15, 0.2) is 0 Å². The summed E-state index contributed by atoms with van der Waals surface area (Å²) in [5.41, 5.74) is 1.13. The Bertz CT molecular complexity index is 434. The average molecular weight is 208 g/mol. The molecule has 1 aromatic heterocycles. The van der Waals surface area contributed by atoms with Gasteiger partial charge >= 0.3 is 4.87 Å². The second kappa shape index (κ2) is 3.25. The van der Waals surface area contributed by atoms with E-state index in [1.165, 1.54) is 11.3 Å². The molecule has 0 bridgehead atoms. The summed E-state index contributed by atoms with van der Waals surface area (Å²) in [6.07, 6.45) is 2.75. The molecule has 1 aliphatic rings. The summed E-state index contributed by atoms with van der Waals surface area (Å²) >= 11 is 1.24. The Balaban J connectivity index is 2.19. The maximum absolute atomic E-state index is 11.4. The SMILES string of the molecule is Cc1csc(=O)n1CC1(CC#N)CC1. The second-order valence-electron chi connectivity index (χ2n) is 4.06. The number of thiazole rings is 1. The van der Waals surface area contributed by atoms with Crippen molar-refractivity contribution in [3.63, 3.8) is 0 Å². The standard InChI is InChI=1S/C10H12N2OS/c1-8-6-14-9(13)12(8)7-10(2-3-10)4-5-11/h6H,2-4,7H2,1H3. The van der Waals surface area contributed by atoms with Crippen LogP contribution in [-0.2, 0) is 6.54 Å². The number of aryl methyl sites for hydroxylation is 1. The van der Waals surface area contributed by atoms with Crippen molar-refractivity contribution in [2.75, 3.05) is 0 Å². The summed E-state index contributed by atoms with van der Waals surface area (Å²) in [6, 6.07) is 2.21. The average Bonchev–Trinajstić information content (AvgIpc) is 2.84. The normalized spacial score (nSPS) is 17.7. The molecule has 0 amide bonds. The topological polar surface area (TPSA) is 45.8 Å². The van der Waals surface area contributed by atoms with Crippen LogP contribution in [0, 0.1) is 23.7 Å². The van der Waals surface area contributed by atoms with Gasteiger partial charge in [-0.2, -0.15) is 5.26 Å². The van der Waals surface area contributed by atoms with Crippen LogP contribution in [0.1, 0.15) is 25.0 Å². The first-order valence-electron chi connectivity index (χ1n) is 4.69. The molecule has 2 rings (SSSR count). The molecule has 1 aromatic rings. The van der Waals surface area contributed by atoms with Crippen LogP contribution in [-0.4, -0.2) is 4.57 Å². The van der Waals surface area contributed by atoms with E-state index in [9.17, 15) is 4.79 Å². The Hall–Kier alpha value is -1.08. The third-order valence-corrected chi connectivity index (χ3v) is 3.76. The molecule has 0 radical (unpaired) electrons. The van der Waals surface area contributed by atoms with Crippen LogP contribution in [0.2, 0.25) is 0 Å². The molecule has 0 N–H and O–H groups in total. The summed E-state index contributed by atoms with van der Waals surface area (Å²) in [4.78, 5) is 11.6. The molecule has 0 unspecified atom stereocenters. The minimum Gasteiger partial charge on any atom is -0.303 e. The lowest BCUT2D eigenvalue weighted by Crippen LogP contribution is -2.21. The van der Waals surface area contributed by atoms with Crippen molar-refractivity contribution in [1.82, 2.24) is 4.57 Å². The number of hydrogen-bond acceptors (Lipinski definition) is 3. The van der Waals surface area contributed by atoms with E-state index in [0.717, 1.165) is 25.1 Å². The Morgan fingerprint density at radius 3 is 2.86 bits per heavy atom. The van der Waals surface area contributed by atoms with Gasteiger partial charge in [-0.3, -0.25) is 4.79 Å². The van der Waals surface area contributed by atoms with E-state index >= 15 is 0 Å². The number of aromatic nitrogens is 1. The Labute approximate surface area is 86.6 Å². The number of nitrogens with zero attached hydrogens (tertiary/aromatic N) is 2. The molecule has 3 nitrogen and oxygen atoms in total. The fraction of sp³-hybridized carbons (Fsp3) is 0.600. The Morgan fingerprint density at radius 1 is 1.71 bits per heavy atom. The fourth-order valence-corrected chi connectivity index (χ4v) is 2.40. The van der Waals surface area contributed by atoms with Crippen molar-refractivity contribution < 1.29 is 0 Å². The van der Waals surface area contributed by atoms with Gasteiger partial charge in [-0.05, 0) is 19.8 Å². The monoisotopic (exact) mass is 208 g/mol. The number of hydrogen-bond donors (Lipinski definition) is 0. The van der Waals surface area contributed by atoms with Crippen molar-refractivity contribution in [3.05, 3.63) is 20.7 Å². The third-order valence-electron chi connectivity index (χ3n) is 2.88. The second-order valence-corrected chi connectivity index (χ2v) is 4.88. The van der Waals surface area contributed by atoms with Crippen molar-refractivity contribution in [2.24, 2.45) is 5.41 Å². The molecule has 0 spiro atoms. The molecule has 0 atom stereocenters. The summed E-state index contributed by atoms with van der Waals surface area (Å²) < 4.78 is 1.80. The lowest BCUT2D eigenvalue weighted by molar-refractivity contribution is 0.423. The Morgan fingerprint density at radius 2 is 2.43 bits per heavy atom. The van der Waals surface area contributed by atoms with E-state index < -0.39 is 0 Å². The molecule has 1 fully saturated rings. The largest absolute Gasteiger partial charge is 0.307 e. The van der Waals surface area contributed by atoms with Gasteiger partial charge in [0.25, 0.3) is 0 Å². The highest BCUT2D eigenvalue weighted by molar-refractivity contribution is 7.07. The highest BCUT2D eigenvalue weighted by Gasteiger charge is 2.43. The molecule has 1 saturated carbocycles. The van der Waals surface area contributed by atoms with E-state index in [4.69, 9.17) is 5.26 Å². The van der Waals surface area contributed by atoms with Gasteiger partial charge in [-0.25, -0.2) is 0 Å². The molecule has 1 heterocycles. The van der Waals surface area contributed by atoms with Gasteiger partial charge in [-0.15, -0.1) is 0 Å². The molecule has 4 heteroatoms. The molecular weight excluding hydrogens is 196 g/mol. The predicted molar refractivity (Wildman–Crippen MR) is 55.2 cm³/mol. The van der Waals surface area contributed by atoms with Crippen molar-refractivity contribution in [2.45, 2.75) is 32.7 Å². The van der Waals surface area contributed by atoms with Crippen molar-refractivity contribution >= 4 is 11.3 Å². The van der Waals surface area contributed by atoms with Crippen LogP contribution in [0.5, 0.6) is 0 Å². The maximum atomic E-state index is 11.4. The molecule has 74 valence electrons. The molecule has 0 aliphatic heterocycles. The summed E-state index contributed by atoms with van der Waals surface area (Å²) in [7, 11) is 0. The lowest BCUT2D eigenvalue weighted by Gasteiger charge is -2.12. The van der Waals surface area contributed by atoms with E-state index in [0.29, 0.717) is 6.42 Å². The zero-order valence-electron chi connectivity index (χ0n) is 8.12. The van der Waals surface area contributed by atoms with Crippen LogP contribution in [0.4, 0.5) is 0 Å². The van der Waals surface area contributed by atoms with Gasteiger partial charge in [0.1, 0.15) is 0 Å². The number of nitriles is 1. The fourth-order valence-electron chi connectivity index (χ4n) is 1.67. The minimum absolute atomic E-state index is 0.103. The molecule has 0 saturated heterocycles. The molecule has 14 heavy (non-hydrogen) atoms. The molecule has 1 aliphatic carbocycles. The summed E-state index contributed by atoms with van der Waals surface area (Å²) in [5.74, 6) is 0. The molecular formula is C10H12N2OS. The van der Waals surface area contributed by atoms with Crippen LogP contribution >= 0.6 is 11.3 Å². The van der Waals surface area contributed by atoms with E-state index in [-0.39, 0.29) is 10.3 Å². The first-order chi connectivity index (χ1) is 6.67. The van der Waals surface area contributed by atoms with E-state index in [1.54, 1.807) is 4.57 Å². The zero-order valence-corrected chi connectivity index (χ0v) is 8.93. The van der Waals surface area contributed by atoms with Gasteiger partial charge in [-0.1, -0.05) is 11.3 Å². The van der Waals surface area contributed by atoms with Gasteiger partial charge in [0.05, 0.1) is 6.07 Å². The van der Waals surface area contributed by atoms with Gasteiger partial charge < -0.3 is 4.57 Å². The van der Waals surface area contributed by atoms with Gasteiger partial charge in [0, 0.05) is 29.5 Å². The third kappa shape index (κ3) is 1.60. The molecule has 0 aromatic carbocycles. The summed E-state index contributed by atoms with van der Waals surface area (Å²) in [5, 5.41) is 10.6. The highest BCUT2D eigenvalue weighted by atomic mass is 32.1. The van der Waals surface area contributed by atoms with Gasteiger partial charge in [0.2, 0.25) is 0 Å². The highest BCUT2D eigenvalue weighted by Crippen LogP contribution is 2.49. The van der Waals surface area contributed by atoms with Crippen LogP contribution in [0.15, 0.2) is 10.2 Å². The predicted octanol–water partition coefficient (Wildman–Crippen LogP) is 1.91. The van der Waals surface area contributed by atoms with Crippen LogP contribution in [0.3, 0.4) is 0 Å². The Kier molecular flexibility index (Phi) is 2.20. The first-order valence-corrected chi connectivity index (χ1v) is 5.57. The quantitative estimate of drug-likeness (QED) is 0.761. The van der Waals surface area contributed by atoms with Crippen molar-refractivity contribution in [1.29, 1.82) is 5.26 Å². The first kappa shape index (κ1) is 9.47. The van der Waals surface area contributed by atoms with E-state index in [1.807, 2.05) is 12.3 Å². The van der Waals surface area contributed by atoms with Crippen molar-refractivity contribution in [3.8, 4) is 6.07 Å². The van der Waals surface area contributed by atoms with Crippen LogP contribution < -0.4 is 4.87 Å². The summed E-state index contributed by atoms with van der Waals surface area (Å²) in [6.45, 7) is 2.68. The smallest absolute Gasteiger partial charge is 0.303 e. The lowest BCUT2D eigenvalue weighted by atomic mass is 10.0. The minimum atomic E-state index is 0.103. The van der Waals surface area contributed by atoms with E-state index in [2.05, 4.69) is 6.07 Å². The maximum Gasteiger partial charge on any atom is 0.307 e. The van der Waals surface area contributed by atoms with Crippen LogP contribution in [0.25, 0.3) is 0 Å². The zero-order chi connectivity index (χ0) is 10.2.